The molecule has 1 fully saturated rings. The number of hydrogen-bond acceptors (Lipinski definition) is 4. The standard InChI is InChI=1S/C10H14ClN3OS/c11-6-10(3-1-2-4-10)7-12-9(15)8-5-16-14-13-8/h5H,1-4,6-7H2,(H,12,15). The van der Waals surface area contributed by atoms with Gasteiger partial charge in [0.2, 0.25) is 0 Å². The van der Waals surface area contributed by atoms with E-state index in [4.69, 9.17) is 11.6 Å². The van der Waals surface area contributed by atoms with Crippen molar-refractivity contribution in [2.75, 3.05) is 12.4 Å². The van der Waals surface area contributed by atoms with E-state index < -0.39 is 0 Å². The molecule has 1 aromatic heterocycles. The lowest BCUT2D eigenvalue weighted by Crippen LogP contribution is -2.37. The van der Waals surface area contributed by atoms with E-state index in [0.717, 1.165) is 12.8 Å². The molecular formula is C10H14ClN3OS. The summed E-state index contributed by atoms with van der Waals surface area (Å²) in [5.41, 5.74) is 0.494. The minimum Gasteiger partial charge on any atom is -0.350 e. The molecule has 1 aliphatic carbocycles. The highest BCUT2D eigenvalue weighted by Gasteiger charge is 2.33. The number of amides is 1. The van der Waals surface area contributed by atoms with E-state index in [1.807, 2.05) is 0 Å². The Bertz CT molecular complexity index is 349. The third-order valence-corrected chi connectivity index (χ3v) is 4.24. The first-order valence-electron chi connectivity index (χ1n) is 5.37. The van der Waals surface area contributed by atoms with Gasteiger partial charge in [0.05, 0.1) is 0 Å². The highest BCUT2D eigenvalue weighted by Crippen LogP contribution is 2.38. The topological polar surface area (TPSA) is 54.9 Å². The van der Waals surface area contributed by atoms with Crippen molar-refractivity contribution in [1.29, 1.82) is 0 Å². The van der Waals surface area contributed by atoms with Gasteiger partial charge in [-0.25, -0.2) is 0 Å². The third kappa shape index (κ3) is 2.52. The minimum atomic E-state index is -0.148. The van der Waals surface area contributed by atoms with Crippen LogP contribution in [0.4, 0.5) is 0 Å². The van der Waals surface area contributed by atoms with Crippen LogP contribution >= 0.6 is 23.1 Å². The molecule has 1 amide bonds. The van der Waals surface area contributed by atoms with Gasteiger partial charge in [0.1, 0.15) is 0 Å². The van der Waals surface area contributed by atoms with E-state index in [1.165, 1.54) is 24.4 Å². The number of halogens is 1. The maximum atomic E-state index is 11.7. The second-order valence-electron chi connectivity index (χ2n) is 4.31. The minimum absolute atomic E-state index is 0.0979. The summed E-state index contributed by atoms with van der Waals surface area (Å²) >= 11 is 7.18. The van der Waals surface area contributed by atoms with Crippen LogP contribution in [0.5, 0.6) is 0 Å². The van der Waals surface area contributed by atoms with Crippen molar-refractivity contribution in [3.05, 3.63) is 11.1 Å². The number of carbonyl (C=O) groups excluding carboxylic acids is 1. The van der Waals surface area contributed by atoms with Crippen molar-refractivity contribution in [3.63, 3.8) is 0 Å². The number of nitrogens with one attached hydrogen (secondary N) is 1. The van der Waals surface area contributed by atoms with Crippen LogP contribution in [-0.4, -0.2) is 27.9 Å². The molecule has 1 aliphatic rings. The van der Waals surface area contributed by atoms with Crippen LogP contribution < -0.4 is 5.32 Å². The lowest BCUT2D eigenvalue weighted by Gasteiger charge is -2.26. The molecule has 16 heavy (non-hydrogen) atoms. The smallest absolute Gasteiger partial charge is 0.272 e. The molecule has 0 bridgehead atoms. The molecular weight excluding hydrogens is 246 g/mol. The molecule has 1 heterocycles. The van der Waals surface area contributed by atoms with Gasteiger partial charge in [0.25, 0.3) is 5.91 Å². The molecule has 0 atom stereocenters. The number of aromatic nitrogens is 2. The molecule has 6 heteroatoms. The summed E-state index contributed by atoms with van der Waals surface area (Å²) in [6.07, 6.45) is 4.62. The first-order chi connectivity index (χ1) is 7.76. The van der Waals surface area contributed by atoms with Gasteiger partial charge in [-0.1, -0.05) is 17.3 Å². The first-order valence-corrected chi connectivity index (χ1v) is 6.74. The van der Waals surface area contributed by atoms with Gasteiger partial charge in [-0.2, -0.15) is 0 Å². The fraction of sp³-hybridized carbons (Fsp3) is 0.700. The summed E-state index contributed by atoms with van der Waals surface area (Å²) in [5.74, 6) is 0.466. The summed E-state index contributed by atoms with van der Waals surface area (Å²) in [6, 6.07) is 0. The Kier molecular flexibility index (Phi) is 3.76. The summed E-state index contributed by atoms with van der Waals surface area (Å²) in [7, 11) is 0. The molecule has 1 saturated carbocycles. The Morgan fingerprint density at radius 3 is 2.88 bits per heavy atom. The van der Waals surface area contributed by atoms with E-state index in [1.54, 1.807) is 5.38 Å². The summed E-state index contributed by atoms with van der Waals surface area (Å²) in [6.45, 7) is 0.646. The first kappa shape index (κ1) is 11.8. The van der Waals surface area contributed by atoms with Gasteiger partial charge < -0.3 is 5.32 Å². The SMILES string of the molecule is O=C(NCC1(CCl)CCCC1)c1csnn1. The summed E-state index contributed by atoms with van der Waals surface area (Å²) in [4.78, 5) is 11.7. The quantitative estimate of drug-likeness (QED) is 0.843. The monoisotopic (exact) mass is 259 g/mol. The Balaban J connectivity index is 1.89. The van der Waals surface area contributed by atoms with Crippen LogP contribution in [0.25, 0.3) is 0 Å². The number of rotatable bonds is 4. The lowest BCUT2D eigenvalue weighted by molar-refractivity contribution is 0.0930. The molecule has 1 N–H and O–H groups in total. The predicted octanol–water partition coefficient (Wildman–Crippen LogP) is 2.07. The fourth-order valence-corrected chi connectivity index (χ4v) is 2.90. The predicted molar refractivity (Wildman–Crippen MR) is 63.9 cm³/mol. The second kappa shape index (κ2) is 5.10. The van der Waals surface area contributed by atoms with Crippen LogP contribution in [0.3, 0.4) is 0 Å². The molecule has 0 spiro atoms. The highest BCUT2D eigenvalue weighted by molar-refractivity contribution is 7.03. The molecule has 2 rings (SSSR count). The Labute approximate surface area is 104 Å². The Morgan fingerprint density at radius 2 is 2.31 bits per heavy atom. The van der Waals surface area contributed by atoms with Crippen LogP contribution in [-0.2, 0) is 0 Å². The van der Waals surface area contributed by atoms with Gasteiger partial charge in [-0.05, 0) is 24.4 Å². The normalized spacial score (nSPS) is 18.6. The molecule has 0 radical (unpaired) electrons. The zero-order valence-electron chi connectivity index (χ0n) is 8.91. The molecule has 0 unspecified atom stereocenters. The molecule has 0 saturated heterocycles. The van der Waals surface area contributed by atoms with Gasteiger partial charge >= 0.3 is 0 Å². The third-order valence-electron chi connectivity index (χ3n) is 3.16. The lowest BCUT2D eigenvalue weighted by atomic mass is 9.88. The maximum Gasteiger partial charge on any atom is 0.272 e. The molecule has 1 aromatic rings. The fourth-order valence-electron chi connectivity index (χ4n) is 2.10. The Morgan fingerprint density at radius 1 is 1.56 bits per heavy atom. The highest BCUT2D eigenvalue weighted by atomic mass is 35.5. The van der Waals surface area contributed by atoms with Gasteiger partial charge in [0.15, 0.2) is 5.69 Å². The van der Waals surface area contributed by atoms with Crippen LogP contribution in [0.1, 0.15) is 36.2 Å². The average Bonchev–Trinajstić information content (AvgIpc) is 2.98. The van der Waals surface area contributed by atoms with Crippen molar-refractivity contribution in [2.24, 2.45) is 5.41 Å². The van der Waals surface area contributed by atoms with Crippen molar-refractivity contribution in [1.82, 2.24) is 14.9 Å². The van der Waals surface area contributed by atoms with Gasteiger partial charge in [-0.15, -0.1) is 16.7 Å². The second-order valence-corrected chi connectivity index (χ2v) is 5.19. The zero-order chi connectivity index (χ0) is 11.4. The van der Waals surface area contributed by atoms with Crippen molar-refractivity contribution in [3.8, 4) is 0 Å². The van der Waals surface area contributed by atoms with Crippen LogP contribution in [0, 0.1) is 5.41 Å². The van der Waals surface area contributed by atoms with Crippen molar-refractivity contribution >= 4 is 29.0 Å². The molecule has 0 aliphatic heterocycles. The zero-order valence-corrected chi connectivity index (χ0v) is 10.5. The van der Waals surface area contributed by atoms with Crippen LogP contribution in [0.2, 0.25) is 0 Å². The van der Waals surface area contributed by atoms with E-state index in [-0.39, 0.29) is 11.3 Å². The van der Waals surface area contributed by atoms with Crippen LogP contribution in [0.15, 0.2) is 5.38 Å². The molecule has 0 aromatic carbocycles. The van der Waals surface area contributed by atoms with Crippen molar-refractivity contribution < 1.29 is 4.79 Å². The molecule has 4 nitrogen and oxygen atoms in total. The van der Waals surface area contributed by atoms with E-state index in [9.17, 15) is 4.79 Å². The number of nitrogens with zero attached hydrogens (tertiary/aromatic N) is 2. The van der Waals surface area contributed by atoms with E-state index >= 15 is 0 Å². The number of hydrogen-bond donors (Lipinski definition) is 1. The van der Waals surface area contributed by atoms with Crippen molar-refractivity contribution in [2.45, 2.75) is 25.7 Å². The largest absolute Gasteiger partial charge is 0.350 e. The van der Waals surface area contributed by atoms with Gasteiger partial charge in [-0.3, -0.25) is 4.79 Å². The van der Waals surface area contributed by atoms with Gasteiger partial charge in [0, 0.05) is 23.2 Å². The number of carbonyl (C=O) groups is 1. The molecule has 88 valence electrons. The van der Waals surface area contributed by atoms with E-state index in [0.29, 0.717) is 18.1 Å². The van der Waals surface area contributed by atoms with E-state index in [2.05, 4.69) is 14.9 Å². The number of alkyl halides is 1. The summed E-state index contributed by atoms with van der Waals surface area (Å²) < 4.78 is 3.67. The summed E-state index contributed by atoms with van der Waals surface area (Å²) in [5, 5.41) is 8.28. The Hall–Kier alpha value is -0.680. The average molecular weight is 260 g/mol. The maximum absolute atomic E-state index is 11.7.